The molecular formula is C11H18N2O. The molecule has 5 N–H and O–H groups in total. The van der Waals surface area contributed by atoms with Crippen LogP contribution in [0.3, 0.4) is 0 Å². The molecule has 0 bridgehead atoms. The molecule has 3 nitrogen and oxygen atoms in total. The summed E-state index contributed by atoms with van der Waals surface area (Å²) >= 11 is 0. The quantitative estimate of drug-likeness (QED) is 0.636. The maximum atomic E-state index is 9.89. The number of nitrogens with two attached hydrogens (primary N) is 2. The molecule has 1 aromatic rings. The first-order chi connectivity index (χ1) is 6.56. The number of hydrogen-bond acceptors (Lipinski definition) is 3. The molecular weight excluding hydrogens is 176 g/mol. The summed E-state index contributed by atoms with van der Waals surface area (Å²) in [6.45, 7) is 3.89. The smallest absolute Gasteiger partial charge is 0.0943 e. The maximum absolute atomic E-state index is 9.89. The van der Waals surface area contributed by atoms with E-state index in [1.165, 1.54) is 0 Å². The molecule has 0 aliphatic heterocycles. The molecule has 0 saturated carbocycles. The Morgan fingerprint density at radius 1 is 1.43 bits per heavy atom. The molecule has 0 amide bonds. The highest BCUT2D eigenvalue weighted by Gasteiger charge is 2.16. The minimum absolute atomic E-state index is 0.211. The lowest BCUT2D eigenvalue weighted by Gasteiger charge is -2.19. The van der Waals surface area contributed by atoms with Gasteiger partial charge in [-0.3, -0.25) is 0 Å². The third-order valence-corrected chi connectivity index (χ3v) is 2.49. The van der Waals surface area contributed by atoms with Crippen molar-refractivity contribution >= 4 is 5.69 Å². The van der Waals surface area contributed by atoms with E-state index in [0.29, 0.717) is 5.69 Å². The summed E-state index contributed by atoms with van der Waals surface area (Å²) in [6.07, 6.45) is 0.158. The fourth-order valence-corrected chi connectivity index (χ4v) is 1.48. The van der Waals surface area contributed by atoms with Crippen molar-refractivity contribution in [2.75, 3.05) is 5.73 Å². The monoisotopic (exact) mass is 194 g/mol. The van der Waals surface area contributed by atoms with Gasteiger partial charge in [-0.05, 0) is 36.6 Å². The zero-order chi connectivity index (χ0) is 10.7. The molecule has 0 aromatic heterocycles. The van der Waals surface area contributed by atoms with Gasteiger partial charge in [-0.2, -0.15) is 0 Å². The van der Waals surface area contributed by atoms with Crippen LogP contribution in [0.1, 0.15) is 30.6 Å². The average Bonchev–Trinajstić information content (AvgIpc) is 2.15. The molecule has 2 atom stereocenters. The Kier molecular flexibility index (Phi) is 3.49. The van der Waals surface area contributed by atoms with Crippen LogP contribution in [0.15, 0.2) is 18.2 Å². The highest BCUT2D eigenvalue weighted by atomic mass is 16.3. The van der Waals surface area contributed by atoms with E-state index in [2.05, 4.69) is 0 Å². The molecule has 0 saturated heterocycles. The molecule has 0 aliphatic rings. The van der Waals surface area contributed by atoms with Crippen LogP contribution in [0.25, 0.3) is 0 Å². The van der Waals surface area contributed by atoms with Crippen molar-refractivity contribution in [1.82, 2.24) is 0 Å². The molecule has 0 fully saturated rings. The topological polar surface area (TPSA) is 72.3 Å². The van der Waals surface area contributed by atoms with Gasteiger partial charge < -0.3 is 16.6 Å². The maximum Gasteiger partial charge on any atom is 0.0943 e. The van der Waals surface area contributed by atoms with Gasteiger partial charge in [-0.25, -0.2) is 0 Å². The third-order valence-electron chi connectivity index (χ3n) is 2.49. The van der Waals surface area contributed by atoms with E-state index >= 15 is 0 Å². The highest BCUT2D eigenvalue weighted by Crippen LogP contribution is 2.22. The molecule has 0 radical (unpaired) electrons. The third kappa shape index (κ3) is 2.25. The summed E-state index contributed by atoms with van der Waals surface area (Å²) in [5, 5.41) is 9.89. The van der Waals surface area contributed by atoms with Crippen LogP contribution in [0.5, 0.6) is 0 Å². The van der Waals surface area contributed by atoms with Crippen LogP contribution in [0.4, 0.5) is 5.69 Å². The van der Waals surface area contributed by atoms with Crippen molar-refractivity contribution in [3.8, 4) is 0 Å². The number of aliphatic hydroxyl groups excluding tert-OH is 1. The first-order valence-electron chi connectivity index (χ1n) is 4.86. The summed E-state index contributed by atoms with van der Waals surface area (Å²) in [7, 11) is 0. The van der Waals surface area contributed by atoms with E-state index in [1.807, 2.05) is 26.0 Å². The fraction of sp³-hybridized carbons (Fsp3) is 0.455. The van der Waals surface area contributed by atoms with Gasteiger partial charge in [-0.1, -0.05) is 13.0 Å². The van der Waals surface area contributed by atoms with Crippen LogP contribution in [-0.4, -0.2) is 11.1 Å². The fourth-order valence-electron chi connectivity index (χ4n) is 1.48. The Morgan fingerprint density at radius 2 is 2.07 bits per heavy atom. The molecule has 0 unspecified atom stereocenters. The molecule has 0 spiro atoms. The Hall–Kier alpha value is -1.06. The van der Waals surface area contributed by atoms with Gasteiger partial charge >= 0.3 is 0 Å². The summed E-state index contributed by atoms with van der Waals surface area (Å²) in [5.74, 6) is 0. The van der Waals surface area contributed by atoms with Crippen molar-refractivity contribution in [2.45, 2.75) is 32.4 Å². The number of benzene rings is 1. The number of rotatable bonds is 3. The van der Waals surface area contributed by atoms with E-state index in [0.717, 1.165) is 17.5 Å². The number of aliphatic hydroxyl groups is 1. The van der Waals surface area contributed by atoms with Crippen LogP contribution in [-0.2, 0) is 0 Å². The summed E-state index contributed by atoms with van der Waals surface area (Å²) < 4.78 is 0. The summed E-state index contributed by atoms with van der Waals surface area (Å²) in [4.78, 5) is 0. The number of aryl methyl sites for hydroxylation is 1. The Morgan fingerprint density at radius 3 is 2.57 bits per heavy atom. The van der Waals surface area contributed by atoms with Crippen molar-refractivity contribution < 1.29 is 5.11 Å². The van der Waals surface area contributed by atoms with Crippen molar-refractivity contribution in [3.05, 3.63) is 29.3 Å². The zero-order valence-corrected chi connectivity index (χ0v) is 8.70. The van der Waals surface area contributed by atoms with Gasteiger partial charge in [-0.15, -0.1) is 0 Å². The second-order valence-corrected chi connectivity index (χ2v) is 3.63. The predicted molar refractivity (Wildman–Crippen MR) is 58.8 cm³/mol. The van der Waals surface area contributed by atoms with Gasteiger partial charge in [0.2, 0.25) is 0 Å². The van der Waals surface area contributed by atoms with Gasteiger partial charge in [0.05, 0.1) is 6.10 Å². The molecule has 0 heterocycles. The largest absolute Gasteiger partial charge is 0.399 e. The molecule has 1 aromatic carbocycles. The van der Waals surface area contributed by atoms with Gasteiger partial charge in [0.15, 0.2) is 0 Å². The summed E-state index contributed by atoms with van der Waals surface area (Å²) in [6, 6.07) is 5.26. The summed E-state index contributed by atoms with van der Waals surface area (Å²) in [5.41, 5.74) is 14.0. The highest BCUT2D eigenvalue weighted by molar-refractivity contribution is 5.45. The van der Waals surface area contributed by atoms with Crippen molar-refractivity contribution in [3.63, 3.8) is 0 Å². The predicted octanol–water partition coefficient (Wildman–Crippen LogP) is 1.35. The lowest BCUT2D eigenvalue weighted by molar-refractivity contribution is 0.144. The zero-order valence-electron chi connectivity index (χ0n) is 8.70. The minimum atomic E-state index is -0.597. The Balaban J connectivity index is 2.95. The molecule has 1 rings (SSSR count). The Labute approximate surface area is 84.7 Å². The second kappa shape index (κ2) is 4.44. The molecule has 0 aliphatic carbocycles. The van der Waals surface area contributed by atoms with E-state index in [-0.39, 0.29) is 6.04 Å². The van der Waals surface area contributed by atoms with E-state index in [1.54, 1.807) is 6.07 Å². The minimum Gasteiger partial charge on any atom is -0.399 e. The van der Waals surface area contributed by atoms with Crippen LogP contribution >= 0.6 is 0 Å². The molecule has 3 heteroatoms. The van der Waals surface area contributed by atoms with Gasteiger partial charge in [0, 0.05) is 11.7 Å². The number of hydrogen-bond donors (Lipinski definition) is 3. The lowest BCUT2D eigenvalue weighted by Crippen LogP contribution is -2.27. The molecule has 78 valence electrons. The average molecular weight is 194 g/mol. The van der Waals surface area contributed by atoms with Crippen LogP contribution < -0.4 is 11.5 Å². The first kappa shape index (κ1) is 11.0. The van der Waals surface area contributed by atoms with E-state index in [4.69, 9.17) is 11.5 Å². The van der Waals surface area contributed by atoms with Crippen molar-refractivity contribution in [1.29, 1.82) is 0 Å². The molecule has 14 heavy (non-hydrogen) atoms. The second-order valence-electron chi connectivity index (χ2n) is 3.63. The Bertz CT molecular complexity index is 312. The van der Waals surface area contributed by atoms with E-state index < -0.39 is 6.10 Å². The van der Waals surface area contributed by atoms with Gasteiger partial charge in [0.25, 0.3) is 0 Å². The van der Waals surface area contributed by atoms with E-state index in [9.17, 15) is 5.11 Å². The SMILES string of the molecule is CC[C@@H](N)[C@@H](O)c1ccc(N)cc1C. The normalized spacial score (nSPS) is 15.1. The lowest BCUT2D eigenvalue weighted by atomic mass is 9.97. The van der Waals surface area contributed by atoms with Crippen molar-refractivity contribution in [2.24, 2.45) is 5.73 Å². The first-order valence-corrected chi connectivity index (χ1v) is 4.86. The van der Waals surface area contributed by atoms with Gasteiger partial charge in [0.1, 0.15) is 0 Å². The number of anilines is 1. The standard InChI is InChI=1S/C11H18N2O/c1-3-10(13)11(14)9-5-4-8(12)6-7(9)2/h4-6,10-11,14H,3,12-13H2,1-2H3/t10-,11+/m1/s1. The number of nitrogen functional groups attached to an aromatic ring is 1. The van der Waals surface area contributed by atoms with Crippen LogP contribution in [0.2, 0.25) is 0 Å². The van der Waals surface area contributed by atoms with Crippen LogP contribution in [0, 0.1) is 6.92 Å².